The molecule has 0 spiro atoms. The lowest BCUT2D eigenvalue weighted by Crippen LogP contribution is -2.19. The molecule has 0 aromatic carbocycles. The van der Waals surface area contributed by atoms with Gasteiger partial charge in [-0.25, -0.2) is 0 Å². The zero-order valence-electron chi connectivity index (χ0n) is 15.3. The molecule has 0 bridgehead atoms. The third-order valence-electron chi connectivity index (χ3n) is 4.30. The summed E-state index contributed by atoms with van der Waals surface area (Å²) >= 11 is 0. The number of hydrogen-bond donors (Lipinski definition) is 1. The summed E-state index contributed by atoms with van der Waals surface area (Å²) in [5.74, 6) is -0.0566. The molecule has 3 nitrogen and oxygen atoms in total. The quantitative estimate of drug-likeness (QED) is 0.319. The largest absolute Gasteiger partial charge is 0.469 e. The number of carbonyl (C=O) groups excluding carboxylic acids is 1. The maximum atomic E-state index is 11.2. The summed E-state index contributed by atoms with van der Waals surface area (Å²) in [5, 5.41) is 3.47. The Morgan fingerprint density at radius 3 is 1.91 bits per heavy atom. The van der Waals surface area contributed by atoms with Crippen LogP contribution < -0.4 is 5.32 Å². The molecule has 1 atom stereocenters. The Hall–Kier alpha value is -0.570. The molecule has 0 aliphatic rings. The minimum absolute atomic E-state index is 0.0316. The van der Waals surface area contributed by atoms with Crippen molar-refractivity contribution in [3.8, 4) is 0 Å². The number of unbranched alkanes of at least 4 members (excludes halogenated alkanes) is 9. The summed E-state index contributed by atoms with van der Waals surface area (Å²) in [6, 6.07) is 0. The third-order valence-corrected chi connectivity index (χ3v) is 4.30. The van der Waals surface area contributed by atoms with E-state index in [1.807, 2.05) is 6.92 Å². The predicted molar refractivity (Wildman–Crippen MR) is 95.1 cm³/mol. The minimum atomic E-state index is -0.0882. The first kappa shape index (κ1) is 21.4. The van der Waals surface area contributed by atoms with Gasteiger partial charge in [0.1, 0.15) is 0 Å². The first-order valence-electron chi connectivity index (χ1n) is 9.50. The first-order valence-corrected chi connectivity index (χ1v) is 9.50. The van der Waals surface area contributed by atoms with E-state index in [0.717, 1.165) is 25.9 Å². The summed E-state index contributed by atoms with van der Waals surface area (Å²) < 4.78 is 4.72. The lowest BCUT2D eigenvalue weighted by atomic mass is 10.1. The van der Waals surface area contributed by atoms with Gasteiger partial charge < -0.3 is 10.1 Å². The van der Waals surface area contributed by atoms with E-state index in [4.69, 9.17) is 4.74 Å². The van der Waals surface area contributed by atoms with Crippen molar-refractivity contribution < 1.29 is 9.53 Å². The van der Waals surface area contributed by atoms with Gasteiger partial charge in [-0.3, -0.25) is 4.79 Å². The highest BCUT2D eigenvalue weighted by molar-refractivity contribution is 5.71. The van der Waals surface area contributed by atoms with Crippen LogP contribution in [0.25, 0.3) is 0 Å². The molecule has 3 heteroatoms. The molecule has 0 aromatic heterocycles. The topological polar surface area (TPSA) is 38.3 Å². The first-order chi connectivity index (χ1) is 10.7. The molecule has 0 heterocycles. The lowest BCUT2D eigenvalue weighted by Gasteiger charge is -2.09. The molecule has 0 saturated carbocycles. The molecule has 0 amide bonds. The standard InChI is InChI=1S/C19H39NO2/c1-4-5-6-7-8-9-10-11-12-13-16-20-17-14-15-18(2)19(21)22-3/h18,20H,4-17H2,1-3H3. The molecule has 0 aromatic rings. The second-order valence-electron chi connectivity index (χ2n) is 6.50. The van der Waals surface area contributed by atoms with E-state index < -0.39 is 0 Å². The van der Waals surface area contributed by atoms with E-state index in [9.17, 15) is 4.79 Å². The summed E-state index contributed by atoms with van der Waals surface area (Å²) in [7, 11) is 1.46. The molecule has 0 rings (SSSR count). The number of nitrogens with one attached hydrogen (secondary N) is 1. The fourth-order valence-corrected chi connectivity index (χ4v) is 2.71. The highest BCUT2D eigenvalue weighted by atomic mass is 16.5. The van der Waals surface area contributed by atoms with Crippen LogP contribution in [0.5, 0.6) is 0 Å². The maximum absolute atomic E-state index is 11.2. The van der Waals surface area contributed by atoms with Crippen LogP contribution in [0.4, 0.5) is 0 Å². The van der Waals surface area contributed by atoms with E-state index in [0.29, 0.717) is 0 Å². The Kier molecular flexibility index (Phi) is 16.4. The van der Waals surface area contributed by atoms with Gasteiger partial charge in [0.25, 0.3) is 0 Å². The summed E-state index contributed by atoms with van der Waals surface area (Å²) in [6.45, 7) is 6.34. The molecule has 0 aliphatic carbocycles. The van der Waals surface area contributed by atoms with Crippen LogP contribution in [-0.2, 0) is 9.53 Å². The maximum Gasteiger partial charge on any atom is 0.308 e. The molecule has 0 aliphatic heterocycles. The SMILES string of the molecule is CCCCCCCCCCCCNCCCC(C)C(=O)OC. The smallest absolute Gasteiger partial charge is 0.308 e. The highest BCUT2D eigenvalue weighted by Gasteiger charge is 2.11. The second-order valence-corrected chi connectivity index (χ2v) is 6.50. The van der Waals surface area contributed by atoms with Gasteiger partial charge in [0.05, 0.1) is 13.0 Å². The average Bonchev–Trinajstić information content (AvgIpc) is 2.54. The van der Waals surface area contributed by atoms with Gasteiger partial charge in [-0.15, -0.1) is 0 Å². The second kappa shape index (κ2) is 16.8. The Morgan fingerprint density at radius 2 is 1.36 bits per heavy atom. The molecule has 132 valence electrons. The fourth-order valence-electron chi connectivity index (χ4n) is 2.71. The van der Waals surface area contributed by atoms with Gasteiger partial charge in [0, 0.05) is 0 Å². The van der Waals surface area contributed by atoms with Crippen molar-refractivity contribution in [2.75, 3.05) is 20.2 Å². The minimum Gasteiger partial charge on any atom is -0.469 e. The van der Waals surface area contributed by atoms with Crippen LogP contribution in [0.2, 0.25) is 0 Å². The Morgan fingerprint density at radius 1 is 0.864 bits per heavy atom. The third kappa shape index (κ3) is 14.4. The van der Waals surface area contributed by atoms with Gasteiger partial charge in [-0.05, 0) is 32.4 Å². The Labute approximate surface area is 138 Å². The number of rotatable bonds is 16. The zero-order chi connectivity index (χ0) is 16.5. The zero-order valence-corrected chi connectivity index (χ0v) is 15.3. The van der Waals surface area contributed by atoms with Crippen molar-refractivity contribution in [3.63, 3.8) is 0 Å². The summed E-state index contributed by atoms with van der Waals surface area (Å²) in [5.41, 5.74) is 0. The molecular weight excluding hydrogens is 274 g/mol. The number of carbonyl (C=O) groups is 1. The van der Waals surface area contributed by atoms with Crippen LogP contribution in [0.1, 0.15) is 90.9 Å². The van der Waals surface area contributed by atoms with Crippen LogP contribution in [0.3, 0.4) is 0 Å². The van der Waals surface area contributed by atoms with Crippen LogP contribution in [-0.4, -0.2) is 26.2 Å². The molecule has 22 heavy (non-hydrogen) atoms. The number of hydrogen-bond acceptors (Lipinski definition) is 3. The number of ether oxygens (including phenoxy) is 1. The monoisotopic (exact) mass is 313 g/mol. The van der Waals surface area contributed by atoms with Crippen LogP contribution in [0.15, 0.2) is 0 Å². The highest BCUT2D eigenvalue weighted by Crippen LogP contribution is 2.10. The van der Waals surface area contributed by atoms with Crippen molar-refractivity contribution in [1.29, 1.82) is 0 Å². The number of methoxy groups -OCH3 is 1. The Bertz CT molecular complexity index is 244. The van der Waals surface area contributed by atoms with Crippen molar-refractivity contribution in [2.24, 2.45) is 5.92 Å². The van der Waals surface area contributed by atoms with Gasteiger partial charge in [0.15, 0.2) is 0 Å². The normalized spacial score (nSPS) is 12.3. The fraction of sp³-hybridized carbons (Fsp3) is 0.947. The van der Waals surface area contributed by atoms with Crippen molar-refractivity contribution in [1.82, 2.24) is 5.32 Å². The molecule has 0 saturated heterocycles. The molecule has 1 unspecified atom stereocenters. The van der Waals surface area contributed by atoms with E-state index in [-0.39, 0.29) is 11.9 Å². The van der Waals surface area contributed by atoms with E-state index in [1.165, 1.54) is 71.3 Å². The van der Waals surface area contributed by atoms with Crippen molar-refractivity contribution in [2.45, 2.75) is 90.9 Å². The van der Waals surface area contributed by atoms with Gasteiger partial charge in [-0.1, -0.05) is 71.6 Å². The molecule has 0 radical (unpaired) electrons. The predicted octanol–water partition coefficient (Wildman–Crippen LogP) is 5.09. The lowest BCUT2D eigenvalue weighted by molar-refractivity contribution is -0.145. The van der Waals surface area contributed by atoms with Gasteiger partial charge in [-0.2, -0.15) is 0 Å². The molecular formula is C19H39NO2. The molecule has 1 N–H and O–H groups in total. The Balaban J connectivity index is 3.10. The van der Waals surface area contributed by atoms with Crippen molar-refractivity contribution >= 4 is 5.97 Å². The van der Waals surface area contributed by atoms with E-state index in [2.05, 4.69) is 12.2 Å². The average molecular weight is 314 g/mol. The van der Waals surface area contributed by atoms with E-state index >= 15 is 0 Å². The van der Waals surface area contributed by atoms with E-state index in [1.54, 1.807) is 0 Å². The number of esters is 1. The van der Waals surface area contributed by atoms with Crippen LogP contribution >= 0.6 is 0 Å². The van der Waals surface area contributed by atoms with Gasteiger partial charge in [0.2, 0.25) is 0 Å². The summed E-state index contributed by atoms with van der Waals surface area (Å²) in [6.07, 6.45) is 15.8. The summed E-state index contributed by atoms with van der Waals surface area (Å²) in [4.78, 5) is 11.2. The van der Waals surface area contributed by atoms with Crippen molar-refractivity contribution in [3.05, 3.63) is 0 Å². The van der Waals surface area contributed by atoms with Crippen LogP contribution in [0, 0.1) is 5.92 Å². The molecule has 0 fully saturated rings. The van der Waals surface area contributed by atoms with Gasteiger partial charge >= 0.3 is 5.97 Å².